The molecule has 2 aromatic rings. The first kappa shape index (κ1) is 16.3. The third-order valence-electron chi connectivity index (χ3n) is 4.70. The minimum absolute atomic E-state index is 0.0129. The molecule has 24 heavy (non-hydrogen) atoms. The summed E-state index contributed by atoms with van der Waals surface area (Å²) in [5.41, 5.74) is 3.08. The Balaban J connectivity index is 1.91. The van der Waals surface area contributed by atoms with Gasteiger partial charge in [0.25, 0.3) is 5.91 Å². The van der Waals surface area contributed by atoms with E-state index in [0.29, 0.717) is 11.4 Å². The quantitative estimate of drug-likeness (QED) is 0.937. The van der Waals surface area contributed by atoms with Crippen molar-refractivity contribution < 1.29 is 9.53 Å². The Morgan fingerprint density at radius 1 is 1.38 bits per heavy atom. The van der Waals surface area contributed by atoms with Gasteiger partial charge in [0, 0.05) is 20.3 Å². The molecule has 0 bridgehead atoms. The lowest BCUT2D eigenvalue weighted by atomic mass is 9.86. The molecule has 3 rings (SSSR count). The summed E-state index contributed by atoms with van der Waals surface area (Å²) in [6, 6.07) is 9.83. The second-order valence-electron chi connectivity index (χ2n) is 6.04. The van der Waals surface area contributed by atoms with Crippen molar-refractivity contribution in [2.45, 2.75) is 25.3 Å². The SMILES string of the molecule is CNc1ncccc1C(=O)N(C)C1CCCc2cc(OC)ccc21. The molecule has 1 aromatic carbocycles. The molecule has 0 saturated carbocycles. The van der Waals surface area contributed by atoms with Gasteiger partial charge in [0.05, 0.1) is 18.7 Å². The summed E-state index contributed by atoms with van der Waals surface area (Å²) in [6.07, 6.45) is 4.75. The molecule has 0 radical (unpaired) electrons. The number of carbonyl (C=O) groups excluding carboxylic acids is 1. The average Bonchev–Trinajstić information content (AvgIpc) is 2.65. The van der Waals surface area contributed by atoms with Gasteiger partial charge in [-0.05, 0) is 54.7 Å². The molecule has 0 saturated heterocycles. The summed E-state index contributed by atoms with van der Waals surface area (Å²) in [7, 11) is 5.33. The summed E-state index contributed by atoms with van der Waals surface area (Å²) in [5, 5.41) is 2.99. The van der Waals surface area contributed by atoms with Crippen molar-refractivity contribution in [1.29, 1.82) is 0 Å². The smallest absolute Gasteiger partial charge is 0.257 e. The molecule has 126 valence electrons. The fraction of sp³-hybridized carbons (Fsp3) is 0.368. The van der Waals surface area contributed by atoms with Crippen molar-refractivity contribution in [3.8, 4) is 5.75 Å². The lowest BCUT2D eigenvalue weighted by Gasteiger charge is -2.33. The van der Waals surface area contributed by atoms with Gasteiger partial charge in [0.1, 0.15) is 11.6 Å². The lowest BCUT2D eigenvalue weighted by Crippen LogP contribution is -2.33. The van der Waals surface area contributed by atoms with Crippen molar-refractivity contribution in [3.05, 3.63) is 53.2 Å². The Bertz CT molecular complexity index is 745. The van der Waals surface area contributed by atoms with Crippen LogP contribution in [-0.4, -0.2) is 37.0 Å². The first-order chi connectivity index (χ1) is 11.7. The first-order valence-electron chi connectivity index (χ1n) is 8.22. The number of hydrogen-bond donors (Lipinski definition) is 1. The highest BCUT2D eigenvalue weighted by Crippen LogP contribution is 2.36. The number of aryl methyl sites for hydroxylation is 1. The van der Waals surface area contributed by atoms with Gasteiger partial charge in [-0.1, -0.05) is 6.07 Å². The highest BCUT2D eigenvalue weighted by molar-refractivity contribution is 5.98. The van der Waals surface area contributed by atoms with E-state index < -0.39 is 0 Å². The number of methoxy groups -OCH3 is 1. The van der Waals surface area contributed by atoms with Gasteiger partial charge in [-0.15, -0.1) is 0 Å². The van der Waals surface area contributed by atoms with Crippen LogP contribution in [0.2, 0.25) is 0 Å². The van der Waals surface area contributed by atoms with E-state index in [-0.39, 0.29) is 11.9 Å². The number of rotatable bonds is 4. The van der Waals surface area contributed by atoms with Crippen molar-refractivity contribution in [2.75, 3.05) is 26.5 Å². The number of anilines is 1. The number of amides is 1. The van der Waals surface area contributed by atoms with Gasteiger partial charge in [0.2, 0.25) is 0 Å². The third kappa shape index (κ3) is 2.94. The van der Waals surface area contributed by atoms with E-state index in [2.05, 4.69) is 22.4 Å². The van der Waals surface area contributed by atoms with Gasteiger partial charge in [-0.2, -0.15) is 0 Å². The van der Waals surface area contributed by atoms with E-state index in [0.717, 1.165) is 25.0 Å². The first-order valence-corrected chi connectivity index (χ1v) is 8.22. The summed E-state index contributed by atoms with van der Waals surface area (Å²) >= 11 is 0. The maximum absolute atomic E-state index is 13.0. The Labute approximate surface area is 142 Å². The molecule has 0 spiro atoms. The maximum atomic E-state index is 13.0. The van der Waals surface area contributed by atoms with Crippen LogP contribution in [0.4, 0.5) is 5.82 Å². The number of ether oxygens (including phenoxy) is 1. The van der Waals surface area contributed by atoms with Crippen LogP contribution in [0.3, 0.4) is 0 Å². The zero-order valence-electron chi connectivity index (χ0n) is 14.4. The summed E-state index contributed by atoms with van der Waals surface area (Å²) in [6.45, 7) is 0. The van der Waals surface area contributed by atoms with Crippen LogP contribution in [0.15, 0.2) is 36.5 Å². The Kier molecular flexibility index (Phi) is 4.69. The van der Waals surface area contributed by atoms with E-state index in [1.807, 2.05) is 24.1 Å². The molecule has 5 heteroatoms. The van der Waals surface area contributed by atoms with E-state index in [1.54, 1.807) is 26.4 Å². The fourth-order valence-electron chi connectivity index (χ4n) is 3.40. The molecular formula is C19H23N3O2. The zero-order valence-corrected chi connectivity index (χ0v) is 14.4. The Morgan fingerprint density at radius 3 is 2.96 bits per heavy atom. The monoisotopic (exact) mass is 325 g/mol. The number of carbonyl (C=O) groups is 1. The van der Waals surface area contributed by atoms with Gasteiger partial charge < -0.3 is 15.0 Å². The topological polar surface area (TPSA) is 54.5 Å². The average molecular weight is 325 g/mol. The van der Waals surface area contributed by atoms with Crippen molar-refractivity contribution in [3.63, 3.8) is 0 Å². The largest absolute Gasteiger partial charge is 0.497 e. The van der Waals surface area contributed by atoms with Crippen LogP contribution >= 0.6 is 0 Å². The predicted molar refractivity (Wildman–Crippen MR) is 94.6 cm³/mol. The molecule has 1 aliphatic carbocycles. The molecule has 1 unspecified atom stereocenters. The van der Waals surface area contributed by atoms with Crippen LogP contribution in [-0.2, 0) is 6.42 Å². The van der Waals surface area contributed by atoms with Crippen LogP contribution in [0.25, 0.3) is 0 Å². The van der Waals surface area contributed by atoms with Crippen molar-refractivity contribution in [1.82, 2.24) is 9.88 Å². The Hall–Kier alpha value is -2.56. The van der Waals surface area contributed by atoms with Gasteiger partial charge in [-0.25, -0.2) is 4.98 Å². The summed E-state index contributed by atoms with van der Waals surface area (Å²) < 4.78 is 5.33. The minimum Gasteiger partial charge on any atom is -0.497 e. The number of aromatic nitrogens is 1. The number of pyridine rings is 1. The second kappa shape index (κ2) is 6.91. The van der Waals surface area contributed by atoms with E-state index in [4.69, 9.17) is 4.74 Å². The Morgan fingerprint density at radius 2 is 2.21 bits per heavy atom. The van der Waals surface area contributed by atoms with Crippen LogP contribution in [0, 0.1) is 0 Å². The molecule has 5 nitrogen and oxygen atoms in total. The van der Waals surface area contributed by atoms with Gasteiger partial charge in [0.15, 0.2) is 0 Å². The second-order valence-corrected chi connectivity index (χ2v) is 6.04. The van der Waals surface area contributed by atoms with Gasteiger partial charge >= 0.3 is 0 Å². The standard InChI is InChI=1S/C19H23N3O2/c1-20-18-16(7-5-11-21-18)19(23)22(2)17-8-4-6-13-12-14(24-3)9-10-15(13)17/h5,7,9-12,17H,4,6,8H2,1-3H3,(H,20,21). The number of hydrogen-bond acceptors (Lipinski definition) is 4. The normalized spacial score (nSPS) is 16.2. The molecule has 1 aromatic heterocycles. The fourth-order valence-corrected chi connectivity index (χ4v) is 3.40. The number of nitrogens with zero attached hydrogens (tertiary/aromatic N) is 2. The predicted octanol–water partition coefficient (Wildman–Crippen LogP) is 3.28. The summed E-state index contributed by atoms with van der Waals surface area (Å²) in [5.74, 6) is 1.47. The van der Waals surface area contributed by atoms with E-state index in [9.17, 15) is 4.79 Å². The maximum Gasteiger partial charge on any atom is 0.257 e. The molecule has 0 fully saturated rings. The summed E-state index contributed by atoms with van der Waals surface area (Å²) in [4.78, 5) is 19.1. The van der Waals surface area contributed by atoms with Crippen LogP contribution in [0.1, 0.15) is 40.4 Å². The van der Waals surface area contributed by atoms with Crippen molar-refractivity contribution in [2.24, 2.45) is 0 Å². The highest BCUT2D eigenvalue weighted by atomic mass is 16.5. The molecule has 1 aliphatic rings. The number of fused-ring (bicyclic) bond motifs is 1. The van der Waals surface area contributed by atoms with Crippen molar-refractivity contribution >= 4 is 11.7 Å². The zero-order chi connectivity index (χ0) is 17.1. The number of nitrogens with one attached hydrogen (secondary N) is 1. The molecule has 0 aliphatic heterocycles. The molecule has 1 amide bonds. The molecular weight excluding hydrogens is 302 g/mol. The van der Waals surface area contributed by atoms with E-state index in [1.165, 1.54) is 11.1 Å². The molecule has 1 heterocycles. The van der Waals surface area contributed by atoms with Crippen LogP contribution < -0.4 is 10.1 Å². The third-order valence-corrected chi connectivity index (χ3v) is 4.70. The minimum atomic E-state index is -0.0129. The molecule has 1 atom stereocenters. The van der Waals surface area contributed by atoms with E-state index >= 15 is 0 Å². The van der Waals surface area contributed by atoms with Gasteiger partial charge in [-0.3, -0.25) is 4.79 Å². The lowest BCUT2D eigenvalue weighted by molar-refractivity contribution is 0.0715. The number of benzene rings is 1. The highest BCUT2D eigenvalue weighted by Gasteiger charge is 2.28. The van der Waals surface area contributed by atoms with Crippen LogP contribution in [0.5, 0.6) is 5.75 Å². The molecule has 1 N–H and O–H groups in total.